The highest BCUT2D eigenvalue weighted by Gasteiger charge is 2.18. The second kappa shape index (κ2) is 5.98. The van der Waals surface area contributed by atoms with Crippen LogP contribution in [0.15, 0.2) is 18.2 Å². The third-order valence-electron chi connectivity index (χ3n) is 2.00. The highest BCUT2D eigenvalue weighted by molar-refractivity contribution is 7.90. The van der Waals surface area contributed by atoms with Gasteiger partial charge in [-0.2, -0.15) is 12.7 Å². The van der Waals surface area contributed by atoms with E-state index >= 15 is 0 Å². The molecule has 0 saturated carbocycles. The molecule has 7 nitrogen and oxygen atoms in total. The normalized spacial score (nSPS) is 11.5. The number of pyridine rings is 1. The summed E-state index contributed by atoms with van der Waals surface area (Å²) in [6.45, 7) is -0.134. The number of carboxylic acids is 1. The van der Waals surface area contributed by atoms with Crippen molar-refractivity contribution in [3.63, 3.8) is 0 Å². The molecule has 0 aliphatic carbocycles. The summed E-state index contributed by atoms with van der Waals surface area (Å²) < 4.78 is 26.6. The predicted molar refractivity (Wildman–Crippen MR) is 66.7 cm³/mol. The van der Waals surface area contributed by atoms with Crippen LogP contribution in [0.5, 0.6) is 0 Å². The van der Waals surface area contributed by atoms with Crippen LogP contribution in [-0.2, 0) is 15.0 Å². The molecule has 1 heterocycles. The van der Waals surface area contributed by atoms with E-state index in [0.717, 1.165) is 4.31 Å². The number of aromatic nitrogens is 1. The van der Waals surface area contributed by atoms with Crippen LogP contribution in [0.4, 0.5) is 5.82 Å². The van der Waals surface area contributed by atoms with Crippen LogP contribution in [0.25, 0.3) is 0 Å². The Kier molecular flexibility index (Phi) is 4.88. The summed E-state index contributed by atoms with van der Waals surface area (Å²) in [7, 11) is -2.55. The van der Waals surface area contributed by atoms with E-state index in [-0.39, 0.29) is 23.9 Å². The molecule has 0 aliphatic rings. The summed E-state index contributed by atoms with van der Waals surface area (Å²) >= 11 is 5.62. The lowest BCUT2D eigenvalue weighted by Crippen LogP contribution is -2.34. The maximum Gasteiger partial charge on any atom is 0.304 e. The van der Waals surface area contributed by atoms with E-state index in [2.05, 4.69) is 9.71 Å². The summed E-state index contributed by atoms with van der Waals surface area (Å²) in [5, 5.41) is 8.64. The first-order valence-corrected chi connectivity index (χ1v) is 6.71. The van der Waals surface area contributed by atoms with Crippen molar-refractivity contribution in [1.29, 1.82) is 0 Å². The van der Waals surface area contributed by atoms with Gasteiger partial charge in [-0.15, -0.1) is 0 Å². The maximum absolute atomic E-state index is 11.8. The van der Waals surface area contributed by atoms with Gasteiger partial charge in [-0.3, -0.25) is 9.52 Å². The standard InChI is InChI=1S/C9H12ClN3O4S/c1-13(6-5-9(14)15)18(16,17)12-8-4-2-3-7(10)11-8/h2-4H,5-6H2,1H3,(H,11,12)(H,14,15). The predicted octanol–water partition coefficient (Wildman–Crippen LogP) is 0.798. The minimum Gasteiger partial charge on any atom is -0.481 e. The van der Waals surface area contributed by atoms with Gasteiger partial charge in [-0.25, -0.2) is 4.98 Å². The molecule has 0 atom stereocenters. The van der Waals surface area contributed by atoms with Crippen molar-refractivity contribution >= 4 is 33.6 Å². The van der Waals surface area contributed by atoms with Crippen LogP contribution in [0, 0.1) is 0 Å². The van der Waals surface area contributed by atoms with Gasteiger partial charge in [0, 0.05) is 13.6 Å². The molecule has 100 valence electrons. The number of rotatable bonds is 6. The van der Waals surface area contributed by atoms with Gasteiger partial charge in [-0.05, 0) is 12.1 Å². The van der Waals surface area contributed by atoms with Crippen LogP contribution < -0.4 is 4.72 Å². The van der Waals surface area contributed by atoms with Crippen molar-refractivity contribution in [2.24, 2.45) is 0 Å². The fourth-order valence-electron chi connectivity index (χ4n) is 1.05. The molecule has 0 unspecified atom stereocenters. The molecule has 9 heteroatoms. The third kappa shape index (κ3) is 4.47. The summed E-state index contributed by atoms with van der Waals surface area (Å²) in [5.74, 6) is -0.998. The van der Waals surface area contributed by atoms with Gasteiger partial charge in [0.05, 0.1) is 6.42 Å². The zero-order chi connectivity index (χ0) is 13.8. The SMILES string of the molecule is CN(CCC(=O)O)S(=O)(=O)Nc1cccc(Cl)n1. The van der Waals surface area contributed by atoms with Crippen molar-refractivity contribution in [3.8, 4) is 0 Å². The van der Waals surface area contributed by atoms with Gasteiger partial charge in [0.1, 0.15) is 11.0 Å². The lowest BCUT2D eigenvalue weighted by atomic mass is 10.4. The largest absolute Gasteiger partial charge is 0.481 e. The van der Waals surface area contributed by atoms with Gasteiger partial charge in [0.15, 0.2) is 0 Å². The average molecular weight is 294 g/mol. The summed E-state index contributed by atoms with van der Waals surface area (Å²) in [4.78, 5) is 14.1. The van der Waals surface area contributed by atoms with Gasteiger partial charge < -0.3 is 5.11 Å². The Morgan fingerprint density at radius 1 is 1.56 bits per heavy atom. The van der Waals surface area contributed by atoms with Crippen LogP contribution in [-0.4, -0.2) is 42.4 Å². The molecule has 0 bridgehead atoms. The smallest absolute Gasteiger partial charge is 0.304 e. The Bertz CT molecular complexity index is 534. The molecular formula is C9H12ClN3O4S. The summed E-state index contributed by atoms with van der Waals surface area (Å²) in [5.41, 5.74) is 0. The summed E-state index contributed by atoms with van der Waals surface area (Å²) in [6, 6.07) is 4.49. The molecule has 0 aromatic carbocycles. The number of carbonyl (C=O) groups is 1. The Morgan fingerprint density at radius 2 is 2.22 bits per heavy atom. The van der Waals surface area contributed by atoms with Gasteiger partial charge in [0.2, 0.25) is 0 Å². The third-order valence-corrected chi connectivity index (χ3v) is 3.68. The number of nitrogens with one attached hydrogen (secondary N) is 1. The molecule has 1 rings (SSSR count). The van der Waals surface area contributed by atoms with Crippen molar-refractivity contribution < 1.29 is 18.3 Å². The lowest BCUT2D eigenvalue weighted by Gasteiger charge is -2.16. The second-order valence-corrected chi connectivity index (χ2v) is 5.58. The quantitative estimate of drug-likeness (QED) is 0.756. The molecule has 0 fully saturated rings. The molecule has 0 spiro atoms. The highest BCUT2D eigenvalue weighted by Crippen LogP contribution is 2.12. The molecule has 2 N–H and O–H groups in total. The van der Waals surface area contributed by atoms with E-state index in [1.165, 1.54) is 19.2 Å². The molecule has 0 amide bonds. The first-order valence-electron chi connectivity index (χ1n) is 4.89. The van der Waals surface area contributed by atoms with E-state index in [4.69, 9.17) is 16.7 Å². The molecule has 18 heavy (non-hydrogen) atoms. The van der Waals surface area contributed by atoms with Crippen molar-refractivity contribution in [3.05, 3.63) is 23.4 Å². The van der Waals surface area contributed by atoms with Crippen molar-refractivity contribution in [1.82, 2.24) is 9.29 Å². The van der Waals surface area contributed by atoms with Crippen molar-refractivity contribution in [2.75, 3.05) is 18.3 Å². The first-order chi connectivity index (χ1) is 8.31. The van der Waals surface area contributed by atoms with E-state index in [1.807, 2.05) is 0 Å². The Balaban J connectivity index is 2.72. The average Bonchev–Trinajstić information content (AvgIpc) is 2.25. The number of aliphatic carboxylic acids is 1. The lowest BCUT2D eigenvalue weighted by molar-refractivity contribution is -0.137. The fraction of sp³-hybridized carbons (Fsp3) is 0.333. The molecule has 0 saturated heterocycles. The van der Waals surface area contributed by atoms with Gasteiger partial charge in [-0.1, -0.05) is 17.7 Å². The maximum atomic E-state index is 11.8. The number of anilines is 1. The summed E-state index contributed by atoms with van der Waals surface area (Å²) in [6.07, 6.45) is -0.277. The Hall–Kier alpha value is -1.38. The molecule has 0 aliphatic heterocycles. The van der Waals surface area contributed by atoms with Crippen LogP contribution in [0.3, 0.4) is 0 Å². The molecular weight excluding hydrogens is 282 g/mol. The Labute approximate surface area is 110 Å². The monoisotopic (exact) mass is 293 g/mol. The number of hydrogen-bond acceptors (Lipinski definition) is 4. The first kappa shape index (κ1) is 14.7. The van der Waals surface area contributed by atoms with Crippen LogP contribution >= 0.6 is 11.6 Å². The molecule has 1 aromatic heterocycles. The highest BCUT2D eigenvalue weighted by atomic mass is 35.5. The zero-order valence-corrected chi connectivity index (χ0v) is 11.1. The van der Waals surface area contributed by atoms with E-state index in [1.54, 1.807) is 6.07 Å². The molecule has 0 radical (unpaired) electrons. The minimum absolute atomic E-state index is 0.0738. The topological polar surface area (TPSA) is 99.6 Å². The zero-order valence-electron chi connectivity index (χ0n) is 9.50. The van der Waals surface area contributed by atoms with Crippen LogP contribution in [0.2, 0.25) is 5.15 Å². The van der Waals surface area contributed by atoms with Crippen molar-refractivity contribution in [2.45, 2.75) is 6.42 Å². The van der Waals surface area contributed by atoms with Crippen LogP contribution in [0.1, 0.15) is 6.42 Å². The number of hydrogen-bond donors (Lipinski definition) is 2. The van der Waals surface area contributed by atoms with E-state index in [0.29, 0.717) is 0 Å². The minimum atomic E-state index is -3.83. The fourth-order valence-corrected chi connectivity index (χ4v) is 2.08. The van der Waals surface area contributed by atoms with Gasteiger partial charge in [0.25, 0.3) is 0 Å². The Morgan fingerprint density at radius 3 is 2.78 bits per heavy atom. The molecule has 1 aromatic rings. The number of halogens is 1. The number of nitrogens with zero attached hydrogens (tertiary/aromatic N) is 2. The number of carboxylic acid groups (broad SMARTS) is 1. The van der Waals surface area contributed by atoms with E-state index < -0.39 is 16.2 Å². The second-order valence-electron chi connectivity index (χ2n) is 3.42. The van der Waals surface area contributed by atoms with Gasteiger partial charge >= 0.3 is 16.2 Å². The van der Waals surface area contributed by atoms with E-state index in [9.17, 15) is 13.2 Å².